The van der Waals surface area contributed by atoms with Crippen molar-refractivity contribution in [3.05, 3.63) is 64.1 Å². The van der Waals surface area contributed by atoms with Gasteiger partial charge >= 0.3 is 0 Å². The molecule has 1 saturated heterocycles. The second-order valence-electron chi connectivity index (χ2n) is 7.89. The first-order valence-corrected chi connectivity index (χ1v) is 12.3. The molecule has 2 aliphatic heterocycles. The molecule has 2 aromatic rings. The maximum Gasteiger partial charge on any atom is 0.266 e. The highest BCUT2D eigenvalue weighted by Gasteiger charge is 2.31. The van der Waals surface area contributed by atoms with Crippen molar-refractivity contribution in [3.63, 3.8) is 0 Å². The van der Waals surface area contributed by atoms with E-state index >= 15 is 0 Å². The van der Waals surface area contributed by atoms with Gasteiger partial charge in [0, 0.05) is 13.1 Å². The van der Waals surface area contributed by atoms with E-state index in [0.29, 0.717) is 40.2 Å². The largest absolute Gasteiger partial charge is 0.454 e. The van der Waals surface area contributed by atoms with Crippen LogP contribution in [0.5, 0.6) is 11.5 Å². The molecule has 0 saturated carbocycles. The highest BCUT2D eigenvalue weighted by molar-refractivity contribution is 8.26. The quantitative estimate of drug-likeness (QED) is 0.424. The monoisotopic (exact) mass is 482 g/mol. The molecule has 0 atom stereocenters. The summed E-state index contributed by atoms with van der Waals surface area (Å²) in [4.78, 5) is 27.2. The fourth-order valence-electron chi connectivity index (χ4n) is 3.61. The molecule has 0 bridgehead atoms. The molecule has 6 nitrogen and oxygen atoms in total. The van der Waals surface area contributed by atoms with E-state index in [1.165, 1.54) is 35.1 Å². The van der Waals surface area contributed by atoms with E-state index in [-0.39, 0.29) is 18.6 Å². The van der Waals surface area contributed by atoms with Crippen LogP contribution in [-0.2, 0) is 22.4 Å². The van der Waals surface area contributed by atoms with Gasteiger partial charge in [-0.05, 0) is 47.7 Å². The van der Waals surface area contributed by atoms with Gasteiger partial charge in [0.2, 0.25) is 12.7 Å². The lowest BCUT2D eigenvalue weighted by atomic mass is 10.0. The van der Waals surface area contributed by atoms with Crippen LogP contribution in [0, 0.1) is 0 Å². The zero-order valence-electron chi connectivity index (χ0n) is 18.5. The fourth-order valence-corrected chi connectivity index (χ4v) is 4.92. The Morgan fingerprint density at radius 3 is 2.70 bits per heavy atom. The summed E-state index contributed by atoms with van der Waals surface area (Å²) < 4.78 is 11.2. The average molecular weight is 483 g/mol. The molecule has 2 heterocycles. The number of thiocarbonyl (C=S) groups is 1. The van der Waals surface area contributed by atoms with Gasteiger partial charge in [0.1, 0.15) is 4.32 Å². The van der Waals surface area contributed by atoms with Crippen LogP contribution in [0.15, 0.2) is 47.4 Å². The Hall–Kier alpha value is -2.84. The lowest BCUT2D eigenvalue weighted by Gasteiger charge is -2.15. The maximum absolute atomic E-state index is 12.8. The number of benzene rings is 2. The summed E-state index contributed by atoms with van der Waals surface area (Å²) in [5, 5.41) is 2.89. The van der Waals surface area contributed by atoms with Crippen molar-refractivity contribution in [3.8, 4) is 11.5 Å². The first-order chi connectivity index (χ1) is 16.0. The molecule has 4 rings (SSSR count). The van der Waals surface area contributed by atoms with E-state index in [1.807, 2.05) is 30.3 Å². The van der Waals surface area contributed by atoms with Gasteiger partial charge in [-0.2, -0.15) is 0 Å². The Kier molecular flexibility index (Phi) is 7.67. The van der Waals surface area contributed by atoms with Crippen LogP contribution in [0.3, 0.4) is 0 Å². The van der Waals surface area contributed by atoms with Crippen LogP contribution in [0.4, 0.5) is 0 Å². The Labute approximate surface area is 203 Å². The van der Waals surface area contributed by atoms with Crippen molar-refractivity contribution >= 4 is 46.2 Å². The van der Waals surface area contributed by atoms with E-state index in [2.05, 4.69) is 24.4 Å². The third-order valence-corrected chi connectivity index (χ3v) is 6.81. The van der Waals surface area contributed by atoms with Gasteiger partial charge in [0.05, 0.1) is 11.3 Å². The fraction of sp³-hybridized carbons (Fsp3) is 0.320. The van der Waals surface area contributed by atoms with Crippen LogP contribution in [0.2, 0.25) is 0 Å². The van der Waals surface area contributed by atoms with Gasteiger partial charge < -0.3 is 14.8 Å². The van der Waals surface area contributed by atoms with E-state index in [4.69, 9.17) is 21.7 Å². The molecule has 0 spiro atoms. The van der Waals surface area contributed by atoms with Gasteiger partial charge in [0.25, 0.3) is 5.91 Å². The summed E-state index contributed by atoms with van der Waals surface area (Å²) >= 11 is 6.65. The number of thioether (sulfide) groups is 1. The molecular weight excluding hydrogens is 456 g/mol. The smallest absolute Gasteiger partial charge is 0.266 e. The standard InChI is InChI=1S/C25H26N2O4S2/c1-2-3-4-17-5-7-18(8-6-17)15-23(28)26-11-12-27-24(29)22(33-25(27)32)14-19-9-10-20-21(13-19)31-16-30-20/h5-10,13-14H,2-4,11-12,15-16H2,1H3,(H,26,28). The average Bonchev–Trinajstić information content (AvgIpc) is 3.38. The number of hydrogen-bond donors (Lipinski definition) is 1. The third kappa shape index (κ3) is 5.94. The van der Waals surface area contributed by atoms with Crippen molar-refractivity contribution in [1.29, 1.82) is 0 Å². The number of unbranched alkanes of at least 4 members (excludes halogenated alkanes) is 1. The summed E-state index contributed by atoms with van der Waals surface area (Å²) in [6, 6.07) is 13.7. The number of hydrogen-bond acceptors (Lipinski definition) is 6. The topological polar surface area (TPSA) is 67.9 Å². The van der Waals surface area contributed by atoms with Crippen molar-refractivity contribution in [2.24, 2.45) is 0 Å². The summed E-state index contributed by atoms with van der Waals surface area (Å²) in [6.07, 6.45) is 5.51. The summed E-state index contributed by atoms with van der Waals surface area (Å²) in [5.41, 5.74) is 3.11. The second kappa shape index (κ2) is 10.9. The predicted octanol–water partition coefficient (Wildman–Crippen LogP) is 4.32. The number of nitrogens with one attached hydrogen (secondary N) is 1. The molecule has 2 aromatic carbocycles. The molecule has 8 heteroatoms. The zero-order chi connectivity index (χ0) is 23.2. The maximum atomic E-state index is 12.8. The Bertz CT molecular complexity index is 1080. The Morgan fingerprint density at radius 1 is 1.15 bits per heavy atom. The first-order valence-electron chi connectivity index (χ1n) is 11.0. The van der Waals surface area contributed by atoms with Crippen molar-refractivity contribution in [1.82, 2.24) is 10.2 Å². The lowest BCUT2D eigenvalue weighted by Crippen LogP contribution is -2.37. The molecule has 0 aliphatic carbocycles. The van der Waals surface area contributed by atoms with Gasteiger partial charge in [-0.15, -0.1) is 0 Å². The summed E-state index contributed by atoms with van der Waals surface area (Å²) in [6.45, 7) is 3.06. The minimum atomic E-state index is -0.153. The van der Waals surface area contributed by atoms with Gasteiger partial charge in [-0.25, -0.2) is 0 Å². The van der Waals surface area contributed by atoms with Gasteiger partial charge in [-0.3, -0.25) is 14.5 Å². The highest BCUT2D eigenvalue weighted by Crippen LogP contribution is 2.36. The van der Waals surface area contributed by atoms with Crippen molar-refractivity contribution in [2.45, 2.75) is 32.6 Å². The number of amides is 2. The number of nitrogens with zero attached hydrogens (tertiary/aromatic N) is 1. The van der Waals surface area contributed by atoms with E-state index in [0.717, 1.165) is 17.5 Å². The van der Waals surface area contributed by atoms with Gasteiger partial charge in [0.15, 0.2) is 11.5 Å². The molecule has 1 fully saturated rings. The molecule has 0 unspecified atom stereocenters. The molecule has 0 radical (unpaired) electrons. The minimum Gasteiger partial charge on any atom is -0.454 e. The van der Waals surface area contributed by atoms with Gasteiger partial charge in [-0.1, -0.05) is 67.7 Å². The molecule has 2 amide bonds. The number of carbonyl (C=O) groups is 2. The van der Waals surface area contributed by atoms with Crippen LogP contribution in [0.25, 0.3) is 6.08 Å². The molecular formula is C25H26N2O4S2. The number of ether oxygens (including phenoxy) is 2. The Balaban J connectivity index is 1.26. The van der Waals surface area contributed by atoms with E-state index in [1.54, 1.807) is 6.08 Å². The summed E-state index contributed by atoms with van der Waals surface area (Å²) in [7, 11) is 0. The molecule has 33 heavy (non-hydrogen) atoms. The predicted molar refractivity (Wildman–Crippen MR) is 134 cm³/mol. The lowest BCUT2D eigenvalue weighted by molar-refractivity contribution is -0.123. The van der Waals surface area contributed by atoms with E-state index < -0.39 is 0 Å². The van der Waals surface area contributed by atoms with E-state index in [9.17, 15) is 9.59 Å². The molecule has 1 N–H and O–H groups in total. The Morgan fingerprint density at radius 2 is 1.91 bits per heavy atom. The first kappa shape index (κ1) is 23.3. The van der Waals surface area contributed by atoms with Crippen LogP contribution in [0.1, 0.15) is 36.5 Å². The molecule has 2 aliphatic rings. The second-order valence-corrected chi connectivity index (χ2v) is 9.57. The molecule has 0 aromatic heterocycles. The number of carbonyl (C=O) groups excluding carboxylic acids is 2. The molecule has 172 valence electrons. The van der Waals surface area contributed by atoms with Crippen LogP contribution in [-0.4, -0.2) is 40.9 Å². The summed E-state index contributed by atoms with van der Waals surface area (Å²) in [5.74, 6) is 1.14. The van der Waals surface area contributed by atoms with Crippen LogP contribution >= 0.6 is 24.0 Å². The zero-order valence-corrected chi connectivity index (χ0v) is 20.1. The number of fused-ring (bicyclic) bond motifs is 1. The number of aryl methyl sites for hydroxylation is 1. The normalized spacial score (nSPS) is 16.0. The minimum absolute atomic E-state index is 0.0716. The van der Waals surface area contributed by atoms with Crippen molar-refractivity contribution in [2.75, 3.05) is 19.9 Å². The number of rotatable bonds is 9. The van der Waals surface area contributed by atoms with Crippen LogP contribution < -0.4 is 14.8 Å². The third-order valence-electron chi connectivity index (χ3n) is 5.43. The highest BCUT2D eigenvalue weighted by atomic mass is 32.2. The van der Waals surface area contributed by atoms with Crippen molar-refractivity contribution < 1.29 is 19.1 Å². The SMILES string of the molecule is CCCCc1ccc(CC(=O)NCCN2C(=O)C(=Cc3ccc4c(c3)OCO4)SC2=S)cc1.